The minimum atomic E-state index is -0.886. The van der Waals surface area contributed by atoms with E-state index < -0.39 is 12.1 Å². The minimum Gasteiger partial charge on any atom is -0.465 e. The molecular weight excluding hydrogens is 352 g/mol. The van der Waals surface area contributed by atoms with Crippen molar-refractivity contribution in [1.29, 1.82) is 0 Å². The van der Waals surface area contributed by atoms with Gasteiger partial charge in [-0.3, -0.25) is 4.79 Å². The number of amides is 1. The number of fused-ring (bicyclic) bond motifs is 1. The Kier molecular flexibility index (Phi) is 5.48. The molecule has 0 fully saturated rings. The second kappa shape index (κ2) is 7.97. The third kappa shape index (κ3) is 4.37. The molecule has 0 aliphatic carbocycles. The first-order chi connectivity index (χ1) is 12.5. The number of carbonyl (C=O) groups is 2. The van der Waals surface area contributed by atoms with Crippen LogP contribution >= 0.6 is 11.3 Å². The van der Waals surface area contributed by atoms with Gasteiger partial charge in [-0.15, -0.1) is 11.3 Å². The summed E-state index contributed by atoms with van der Waals surface area (Å²) in [6, 6.07) is 11.2. The number of benzene rings is 1. The molecule has 7 heteroatoms. The number of para-hydroxylation sites is 1. The van der Waals surface area contributed by atoms with E-state index in [1.165, 1.54) is 23.3 Å². The summed E-state index contributed by atoms with van der Waals surface area (Å²) in [5, 5.41) is 0.832. The lowest BCUT2D eigenvalue weighted by Crippen LogP contribution is -2.36. The summed E-state index contributed by atoms with van der Waals surface area (Å²) in [6.07, 6.45) is 3.34. The van der Waals surface area contributed by atoms with Gasteiger partial charge in [-0.05, 0) is 37.3 Å². The number of esters is 1. The van der Waals surface area contributed by atoms with Gasteiger partial charge >= 0.3 is 5.97 Å². The second-order valence-electron chi connectivity index (χ2n) is 5.70. The molecule has 0 aliphatic rings. The fourth-order valence-electron chi connectivity index (χ4n) is 2.38. The van der Waals surface area contributed by atoms with Crippen molar-refractivity contribution in [1.82, 2.24) is 9.88 Å². The average molecular weight is 370 g/mol. The third-order valence-corrected chi connectivity index (χ3v) is 4.68. The maximum atomic E-state index is 12.4. The van der Waals surface area contributed by atoms with Crippen LogP contribution in [0, 0.1) is 0 Å². The van der Waals surface area contributed by atoms with E-state index in [1.54, 1.807) is 37.4 Å². The zero-order valence-electron chi connectivity index (χ0n) is 14.4. The molecule has 3 aromatic rings. The molecule has 2 aromatic heterocycles. The number of ether oxygens (including phenoxy) is 1. The molecule has 0 radical (unpaired) electrons. The predicted molar refractivity (Wildman–Crippen MR) is 99.4 cm³/mol. The molecule has 1 atom stereocenters. The Morgan fingerprint density at radius 2 is 2.12 bits per heavy atom. The smallest absolute Gasteiger partial charge is 0.331 e. The Bertz CT molecular complexity index is 897. The zero-order valence-corrected chi connectivity index (χ0v) is 15.2. The molecule has 0 saturated carbocycles. The van der Waals surface area contributed by atoms with Crippen molar-refractivity contribution >= 4 is 39.5 Å². The summed E-state index contributed by atoms with van der Waals surface area (Å²) in [4.78, 5) is 30.2. The van der Waals surface area contributed by atoms with Crippen LogP contribution in [0.1, 0.15) is 17.7 Å². The van der Waals surface area contributed by atoms with Crippen LogP contribution in [0.15, 0.2) is 53.2 Å². The Morgan fingerprint density at radius 1 is 1.31 bits per heavy atom. The van der Waals surface area contributed by atoms with Crippen molar-refractivity contribution in [3.8, 4) is 0 Å². The first-order valence-electron chi connectivity index (χ1n) is 8.04. The van der Waals surface area contributed by atoms with Crippen molar-refractivity contribution in [2.24, 2.45) is 0 Å². The Labute approximate surface area is 154 Å². The Morgan fingerprint density at radius 3 is 2.85 bits per heavy atom. The van der Waals surface area contributed by atoms with Crippen LogP contribution in [-0.2, 0) is 20.9 Å². The number of aromatic nitrogens is 1. The van der Waals surface area contributed by atoms with Gasteiger partial charge in [0.15, 0.2) is 6.10 Å². The molecule has 6 nitrogen and oxygen atoms in total. The van der Waals surface area contributed by atoms with E-state index >= 15 is 0 Å². The molecule has 2 heterocycles. The summed E-state index contributed by atoms with van der Waals surface area (Å²) in [5.74, 6) is -0.353. The van der Waals surface area contributed by atoms with Gasteiger partial charge in [0.25, 0.3) is 5.91 Å². The number of carbonyl (C=O) groups excluding carboxylic acids is 2. The number of furan rings is 1. The number of hydrogen-bond acceptors (Lipinski definition) is 6. The standard InChI is InChI=1S/C19H18N2O4S/c1-13(25-18(22)10-9-14-6-5-11-24-14)19(23)21(2)12-17-20-15-7-3-4-8-16(15)26-17/h3-11,13H,12H2,1-2H3/b10-9+. The molecule has 0 bridgehead atoms. The largest absolute Gasteiger partial charge is 0.465 e. The van der Waals surface area contributed by atoms with Crippen molar-refractivity contribution in [3.05, 3.63) is 59.5 Å². The average Bonchev–Trinajstić information content (AvgIpc) is 3.28. The maximum Gasteiger partial charge on any atom is 0.331 e. The fourth-order valence-corrected chi connectivity index (χ4v) is 3.40. The maximum absolute atomic E-state index is 12.4. The van der Waals surface area contributed by atoms with E-state index in [0.717, 1.165) is 15.2 Å². The summed E-state index contributed by atoms with van der Waals surface area (Å²) in [6.45, 7) is 1.91. The van der Waals surface area contributed by atoms with E-state index in [9.17, 15) is 9.59 Å². The second-order valence-corrected chi connectivity index (χ2v) is 6.81. The topological polar surface area (TPSA) is 72.6 Å². The van der Waals surface area contributed by atoms with Crippen LogP contribution in [0.4, 0.5) is 0 Å². The van der Waals surface area contributed by atoms with Gasteiger partial charge in [0, 0.05) is 13.1 Å². The number of thiazole rings is 1. The van der Waals surface area contributed by atoms with Crippen molar-refractivity contribution in [3.63, 3.8) is 0 Å². The highest BCUT2D eigenvalue weighted by molar-refractivity contribution is 7.18. The number of rotatable bonds is 6. The third-order valence-electron chi connectivity index (χ3n) is 3.65. The van der Waals surface area contributed by atoms with Crippen molar-refractivity contribution in [2.75, 3.05) is 7.05 Å². The summed E-state index contributed by atoms with van der Waals surface area (Å²) in [5.41, 5.74) is 0.913. The minimum absolute atomic E-state index is 0.288. The lowest BCUT2D eigenvalue weighted by Gasteiger charge is -2.20. The molecule has 0 spiro atoms. The molecule has 0 aliphatic heterocycles. The van der Waals surface area contributed by atoms with E-state index in [2.05, 4.69) is 4.98 Å². The first-order valence-corrected chi connectivity index (χ1v) is 8.86. The van der Waals surface area contributed by atoms with Gasteiger partial charge < -0.3 is 14.1 Å². The van der Waals surface area contributed by atoms with E-state index in [4.69, 9.17) is 9.15 Å². The summed E-state index contributed by atoms with van der Waals surface area (Å²) < 4.78 is 11.3. The van der Waals surface area contributed by atoms with Crippen LogP contribution in [0.3, 0.4) is 0 Å². The first kappa shape index (κ1) is 17.9. The van der Waals surface area contributed by atoms with Gasteiger partial charge in [0.2, 0.25) is 0 Å². The molecule has 26 heavy (non-hydrogen) atoms. The Balaban J connectivity index is 1.55. The van der Waals surface area contributed by atoms with Gasteiger partial charge in [-0.2, -0.15) is 0 Å². The number of hydrogen-bond donors (Lipinski definition) is 0. The van der Waals surface area contributed by atoms with Gasteiger partial charge in [-0.1, -0.05) is 12.1 Å². The van der Waals surface area contributed by atoms with Gasteiger partial charge in [0.05, 0.1) is 23.0 Å². The molecular formula is C19H18N2O4S. The molecule has 1 aromatic carbocycles. The van der Waals surface area contributed by atoms with Crippen LogP contribution in [0.2, 0.25) is 0 Å². The van der Waals surface area contributed by atoms with Crippen molar-refractivity contribution < 1.29 is 18.7 Å². The molecule has 0 N–H and O–H groups in total. The van der Waals surface area contributed by atoms with Crippen LogP contribution in [-0.4, -0.2) is 34.9 Å². The summed E-state index contributed by atoms with van der Waals surface area (Å²) in [7, 11) is 1.66. The van der Waals surface area contributed by atoms with Crippen LogP contribution in [0.25, 0.3) is 16.3 Å². The molecule has 1 unspecified atom stereocenters. The lowest BCUT2D eigenvalue weighted by molar-refractivity contribution is -0.154. The zero-order chi connectivity index (χ0) is 18.5. The molecule has 0 saturated heterocycles. The predicted octanol–water partition coefficient (Wildman–Crippen LogP) is 3.49. The normalized spacial score (nSPS) is 12.4. The highest BCUT2D eigenvalue weighted by Crippen LogP contribution is 2.22. The van der Waals surface area contributed by atoms with Crippen LogP contribution in [0.5, 0.6) is 0 Å². The van der Waals surface area contributed by atoms with E-state index in [0.29, 0.717) is 12.3 Å². The number of nitrogens with zero attached hydrogens (tertiary/aromatic N) is 2. The van der Waals surface area contributed by atoms with Gasteiger partial charge in [-0.25, -0.2) is 9.78 Å². The lowest BCUT2D eigenvalue weighted by atomic mass is 10.3. The van der Waals surface area contributed by atoms with Gasteiger partial charge in [0.1, 0.15) is 10.8 Å². The summed E-state index contributed by atoms with van der Waals surface area (Å²) >= 11 is 1.54. The SMILES string of the molecule is CC(OC(=O)/C=C/c1ccco1)C(=O)N(C)Cc1nc2ccccc2s1. The fraction of sp³-hybridized carbons (Fsp3) is 0.211. The van der Waals surface area contributed by atoms with Crippen molar-refractivity contribution in [2.45, 2.75) is 19.6 Å². The van der Waals surface area contributed by atoms with Crippen LogP contribution < -0.4 is 0 Å². The number of likely N-dealkylation sites (N-methyl/N-ethyl adjacent to an activating group) is 1. The quantitative estimate of drug-likeness (QED) is 0.491. The van der Waals surface area contributed by atoms with E-state index in [-0.39, 0.29) is 5.91 Å². The highest BCUT2D eigenvalue weighted by atomic mass is 32.1. The molecule has 1 amide bonds. The molecule has 134 valence electrons. The van der Waals surface area contributed by atoms with E-state index in [1.807, 2.05) is 24.3 Å². The monoisotopic (exact) mass is 370 g/mol. The highest BCUT2D eigenvalue weighted by Gasteiger charge is 2.21. The Hall–Kier alpha value is -2.93. The molecule has 3 rings (SSSR count).